The van der Waals surface area contributed by atoms with Crippen molar-refractivity contribution in [1.29, 1.82) is 0 Å². The van der Waals surface area contributed by atoms with E-state index in [1.807, 2.05) is 19.1 Å². The van der Waals surface area contributed by atoms with Gasteiger partial charge in [-0.15, -0.1) is 26.3 Å². The number of nitrogen functional groups attached to an aromatic ring is 1. The van der Waals surface area contributed by atoms with Crippen LogP contribution in [0.3, 0.4) is 0 Å². The molecular weight excluding hydrogens is 1060 g/mol. The van der Waals surface area contributed by atoms with Crippen LogP contribution in [0, 0.1) is 27.7 Å². The van der Waals surface area contributed by atoms with Crippen LogP contribution in [0.1, 0.15) is 113 Å². The molecule has 14 nitrogen and oxygen atoms in total. The number of aryl methyl sites for hydroxylation is 2. The highest BCUT2D eigenvalue weighted by Crippen LogP contribution is 2.46. The van der Waals surface area contributed by atoms with E-state index in [1.54, 1.807) is 39.1 Å². The average Bonchev–Trinajstić information content (AvgIpc) is 4.28. The quantitative estimate of drug-likeness (QED) is 0.0632. The Hall–Kier alpha value is -7.29. The summed E-state index contributed by atoms with van der Waals surface area (Å²) in [4.78, 5) is 56.1. The van der Waals surface area contributed by atoms with Crippen LogP contribution in [0.4, 0.5) is 37.7 Å². The molecule has 6 aromatic rings. The number of benzene rings is 4. The van der Waals surface area contributed by atoms with Crippen molar-refractivity contribution >= 4 is 69.3 Å². The number of alkyl halides is 6. The highest BCUT2D eigenvalue weighted by Gasteiger charge is 2.34. The van der Waals surface area contributed by atoms with Crippen molar-refractivity contribution < 1.29 is 73.9 Å². The van der Waals surface area contributed by atoms with E-state index >= 15 is 0 Å². The van der Waals surface area contributed by atoms with Crippen molar-refractivity contribution in [3.05, 3.63) is 151 Å². The minimum Gasteiger partial charge on any atom is -0.464 e. The predicted octanol–water partition coefficient (Wildman–Crippen LogP) is 14.3. The topological polar surface area (TPSA) is 187 Å². The number of anilines is 2. The zero-order valence-electron chi connectivity index (χ0n) is 40.5. The van der Waals surface area contributed by atoms with E-state index in [2.05, 4.69) is 29.5 Å². The fourth-order valence-electron chi connectivity index (χ4n) is 7.35. The normalized spacial score (nSPS) is 12.9. The summed E-state index contributed by atoms with van der Waals surface area (Å²) in [6.45, 7) is 7.14. The molecule has 2 heterocycles. The number of rotatable bonds is 13. The molecular formula is C52H45Cl3F6N4O10. The Kier molecular flexibility index (Phi) is 18.2. The number of ether oxygens (including phenoxy) is 6. The van der Waals surface area contributed by atoms with Crippen molar-refractivity contribution in [1.82, 2.24) is 9.97 Å². The summed E-state index contributed by atoms with van der Waals surface area (Å²) >= 11 is 17.9. The van der Waals surface area contributed by atoms with Crippen LogP contribution >= 0.6 is 34.8 Å². The molecule has 2 aliphatic rings. The fraction of sp³-hybridized carbons (Fsp3) is 0.269. The molecule has 0 unspecified atom stereocenters. The second-order valence-corrected chi connectivity index (χ2v) is 18.0. The van der Waals surface area contributed by atoms with Gasteiger partial charge in [0.25, 0.3) is 11.1 Å². The van der Waals surface area contributed by atoms with Gasteiger partial charge in [-0.25, -0.2) is 19.6 Å². The molecule has 0 aliphatic heterocycles. The molecule has 8 rings (SSSR count). The molecule has 0 saturated heterocycles. The van der Waals surface area contributed by atoms with Gasteiger partial charge >= 0.3 is 24.7 Å². The molecule has 2 saturated carbocycles. The van der Waals surface area contributed by atoms with E-state index in [9.17, 15) is 45.5 Å². The number of amides is 1. The molecule has 2 fully saturated rings. The molecule has 3 N–H and O–H groups in total. The highest BCUT2D eigenvalue weighted by molar-refractivity contribution is 6.68. The molecule has 4 aromatic carbocycles. The molecule has 2 aromatic heterocycles. The molecule has 0 atom stereocenters. The predicted molar refractivity (Wildman–Crippen MR) is 266 cm³/mol. The number of hydrogen-bond donors (Lipinski definition) is 2. The molecule has 2 aliphatic carbocycles. The van der Waals surface area contributed by atoms with Crippen molar-refractivity contribution in [2.24, 2.45) is 0 Å². The third-order valence-electron chi connectivity index (χ3n) is 11.4. The molecule has 0 spiro atoms. The van der Waals surface area contributed by atoms with Gasteiger partial charge in [0.2, 0.25) is 0 Å². The molecule has 396 valence electrons. The smallest absolute Gasteiger partial charge is 0.464 e. The van der Waals surface area contributed by atoms with Crippen molar-refractivity contribution in [2.75, 3.05) is 25.3 Å². The number of methoxy groups -OCH3 is 2. The molecule has 1 amide bonds. The summed E-state index contributed by atoms with van der Waals surface area (Å²) in [7, 11) is 2.53. The van der Waals surface area contributed by atoms with Crippen molar-refractivity contribution in [3.63, 3.8) is 0 Å². The zero-order valence-corrected chi connectivity index (χ0v) is 42.8. The molecule has 23 heteroatoms. The monoisotopic (exact) mass is 1100 g/mol. The number of nitrogens with one attached hydrogen (secondary N) is 1. The second-order valence-electron chi connectivity index (χ2n) is 16.9. The molecule has 0 radical (unpaired) electrons. The van der Waals surface area contributed by atoms with E-state index in [1.165, 1.54) is 44.7 Å². The lowest BCUT2D eigenvalue weighted by Crippen LogP contribution is -2.17. The number of halogens is 9. The van der Waals surface area contributed by atoms with Crippen LogP contribution in [-0.4, -0.2) is 60.0 Å². The standard InChI is InChI=1S/C26H22ClF3N2O5.C18H13Cl2F3O3.C8H10N2O2/c1-13-12-31-20(25(34)35-3)11-19(13)32-24(33)23-14(2)17(15-4-5-15)7-9-22(23)36-21-8-6-16(10-18(21)27)37-26(28,29)30;1-9-12(10-2-3-10)5-7-15(16(9)17(20)24)25-14-6-4-11(8-13(14)19)26-18(21,22)23;1-5-4-10-7(3-6(5)9)8(11)12-2/h6-12,15H,4-5H2,1-3H3,(H,31,32,33);4-8,10H,2-3H2,1H3;3-4H,1-2H3,(H2,9,10). The average molecular weight is 1110 g/mol. The first-order valence-corrected chi connectivity index (χ1v) is 23.5. The van der Waals surface area contributed by atoms with Gasteiger partial charge in [0.15, 0.2) is 0 Å². The van der Waals surface area contributed by atoms with Gasteiger partial charge in [-0.2, -0.15) is 0 Å². The van der Waals surface area contributed by atoms with Gasteiger partial charge in [0.05, 0.1) is 35.4 Å². The molecule has 0 bridgehead atoms. The Morgan fingerprint density at radius 2 is 1.01 bits per heavy atom. The van der Waals surface area contributed by atoms with Crippen LogP contribution in [0.5, 0.6) is 34.5 Å². The number of pyridine rings is 2. The van der Waals surface area contributed by atoms with E-state index < -0.39 is 47.3 Å². The SMILES string of the molecule is COC(=O)c1cc(N)c(C)cn1.COC(=O)c1cc(NC(=O)c2c(Oc3ccc(OC(F)(F)F)cc3Cl)ccc(C3CC3)c2C)c(C)cn1.Cc1c(C2CC2)ccc(Oc2ccc(OC(F)(F)F)cc2Cl)c1C(=O)Cl. The second kappa shape index (κ2) is 23.9. The number of nitrogens with two attached hydrogens (primary N) is 1. The third kappa shape index (κ3) is 15.4. The van der Waals surface area contributed by atoms with Gasteiger partial charge < -0.3 is 39.5 Å². The summed E-state index contributed by atoms with van der Waals surface area (Å²) in [5.74, 6) is -1.38. The fourth-order valence-corrected chi connectivity index (χ4v) is 8.00. The van der Waals surface area contributed by atoms with Gasteiger partial charge in [-0.3, -0.25) is 9.59 Å². The van der Waals surface area contributed by atoms with E-state index in [-0.39, 0.29) is 55.6 Å². The maximum Gasteiger partial charge on any atom is 0.573 e. The lowest BCUT2D eigenvalue weighted by atomic mass is 9.97. The first-order chi connectivity index (χ1) is 35.3. The van der Waals surface area contributed by atoms with E-state index in [0.29, 0.717) is 34.3 Å². The maximum absolute atomic E-state index is 13.5. The largest absolute Gasteiger partial charge is 0.573 e. The summed E-state index contributed by atoms with van der Waals surface area (Å²) in [6.07, 6.45) is -2.59. The number of carbonyl (C=O) groups is 4. The highest BCUT2D eigenvalue weighted by atomic mass is 35.5. The van der Waals surface area contributed by atoms with Crippen LogP contribution < -0.4 is 30.0 Å². The minimum atomic E-state index is -4.87. The van der Waals surface area contributed by atoms with Crippen LogP contribution in [0.2, 0.25) is 10.0 Å². The minimum absolute atomic E-state index is 0.0243. The number of nitrogens with zero attached hydrogens (tertiary/aromatic N) is 2. The van der Waals surface area contributed by atoms with Crippen molar-refractivity contribution in [3.8, 4) is 34.5 Å². The third-order valence-corrected chi connectivity index (χ3v) is 12.2. The summed E-state index contributed by atoms with van der Waals surface area (Å²) in [5.41, 5.74) is 12.1. The summed E-state index contributed by atoms with van der Waals surface area (Å²) < 4.78 is 103. The van der Waals surface area contributed by atoms with E-state index in [4.69, 9.17) is 54.7 Å². The number of aromatic nitrogens is 2. The van der Waals surface area contributed by atoms with Gasteiger partial charge in [0, 0.05) is 35.9 Å². The first-order valence-electron chi connectivity index (χ1n) is 22.4. The Balaban J connectivity index is 0.000000207. The van der Waals surface area contributed by atoms with E-state index in [0.717, 1.165) is 72.2 Å². The lowest BCUT2D eigenvalue weighted by molar-refractivity contribution is -0.275. The Morgan fingerprint density at radius 3 is 1.41 bits per heavy atom. The van der Waals surface area contributed by atoms with Gasteiger partial charge in [-0.1, -0.05) is 35.3 Å². The lowest BCUT2D eigenvalue weighted by Gasteiger charge is -2.18. The van der Waals surface area contributed by atoms with Crippen LogP contribution in [0.15, 0.2) is 85.2 Å². The zero-order chi connectivity index (χ0) is 55.1. The van der Waals surface area contributed by atoms with Crippen LogP contribution in [-0.2, 0) is 9.47 Å². The Morgan fingerprint density at radius 1 is 0.600 bits per heavy atom. The number of hydrogen-bond acceptors (Lipinski definition) is 13. The number of carbonyl (C=O) groups excluding carboxylic acids is 4. The van der Waals surface area contributed by atoms with Gasteiger partial charge in [-0.05, 0) is 159 Å². The Bertz CT molecular complexity index is 3150. The number of esters is 2. The van der Waals surface area contributed by atoms with Gasteiger partial charge in [0.1, 0.15) is 45.9 Å². The molecule has 75 heavy (non-hydrogen) atoms. The summed E-state index contributed by atoms with van der Waals surface area (Å²) in [6, 6.07) is 16.4. The maximum atomic E-state index is 13.5. The first kappa shape index (κ1) is 57.0. The Labute approximate surface area is 440 Å². The van der Waals surface area contributed by atoms with Crippen LogP contribution in [0.25, 0.3) is 0 Å². The summed E-state index contributed by atoms with van der Waals surface area (Å²) in [5, 5.41) is 1.90. The van der Waals surface area contributed by atoms with Crippen molar-refractivity contribution in [2.45, 2.75) is 77.9 Å².